The molecule has 0 saturated carbocycles. The predicted octanol–water partition coefficient (Wildman–Crippen LogP) is -2.09. The van der Waals surface area contributed by atoms with Crippen molar-refractivity contribution in [2.75, 3.05) is 26.4 Å². The van der Waals surface area contributed by atoms with Crippen LogP contribution in [0.2, 0.25) is 0 Å². The minimum atomic E-state index is -1.98. The number of hydrogen-bond donors (Lipinski definition) is 12. The molecule has 0 aromatic heterocycles. The molecule has 17 unspecified atom stereocenters. The molecule has 1 amide bonds. The lowest BCUT2D eigenvalue weighted by Crippen LogP contribution is -2.66. The Balaban J connectivity index is 1.57. The van der Waals surface area contributed by atoms with Gasteiger partial charge in [-0.15, -0.1) is 0 Å². The monoisotopic (exact) mass is 851 g/mol. The van der Waals surface area contributed by atoms with Crippen molar-refractivity contribution < 1.29 is 89.4 Å². The van der Waals surface area contributed by atoms with Gasteiger partial charge in [0.25, 0.3) is 0 Å². The average Bonchev–Trinajstić information content (AvgIpc) is 3.22. The number of rotatable bonds is 25. The molecule has 3 fully saturated rings. The van der Waals surface area contributed by atoms with E-state index < -0.39 is 124 Å². The molecular formula is C40H69NO18. The SMILES string of the molecule is CCCCC/C=C/CC/C=C/CC/C=C/C(O)C(COC1OC(CO)C(OC2OC(CO)C(OC3OC(CO)C(O)C(O)C3O)C(O)C2O)C(O)C1O)NC(=O)CCC. The van der Waals surface area contributed by atoms with E-state index in [9.17, 15) is 61.0 Å². The Kier molecular flexibility index (Phi) is 23.6. The van der Waals surface area contributed by atoms with E-state index in [1.807, 2.05) is 6.92 Å². The smallest absolute Gasteiger partial charge is 0.220 e. The van der Waals surface area contributed by atoms with Crippen LogP contribution in [0, 0.1) is 0 Å². The van der Waals surface area contributed by atoms with Crippen LogP contribution in [-0.4, -0.2) is 193 Å². The van der Waals surface area contributed by atoms with Crippen molar-refractivity contribution in [1.29, 1.82) is 0 Å². The van der Waals surface area contributed by atoms with Gasteiger partial charge >= 0.3 is 0 Å². The van der Waals surface area contributed by atoms with E-state index in [1.54, 1.807) is 6.08 Å². The Morgan fingerprint density at radius 1 is 0.593 bits per heavy atom. The molecule has 3 heterocycles. The molecule has 19 nitrogen and oxygen atoms in total. The van der Waals surface area contributed by atoms with Gasteiger partial charge in [0.15, 0.2) is 18.9 Å². The maximum absolute atomic E-state index is 12.5. The molecule has 3 aliphatic heterocycles. The van der Waals surface area contributed by atoms with Crippen molar-refractivity contribution in [2.45, 2.75) is 182 Å². The summed E-state index contributed by atoms with van der Waals surface area (Å²) < 4.78 is 33.6. The molecule has 3 saturated heterocycles. The van der Waals surface area contributed by atoms with E-state index in [4.69, 9.17) is 28.4 Å². The molecular weight excluding hydrogens is 782 g/mol. The number of carbonyl (C=O) groups excluding carboxylic acids is 1. The molecule has 0 radical (unpaired) electrons. The molecule has 0 spiro atoms. The first kappa shape index (κ1) is 51.4. The number of aliphatic hydroxyl groups is 11. The number of amides is 1. The number of aliphatic hydroxyl groups excluding tert-OH is 11. The van der Waals surface area contributed by atoms with Crippen LogP contribution in [0.5, 0.6) is 0 Å². The van der Waals surface area contributed by atoms with Gasteiger partial charge in [0, 0.05) is 6.42 Å². The first-order chi connectivity index (χ1) is 28.3. The van der Waals surface area contributed by atoms with Crippen molar-refractivity contribution >= 4 is 5.91 Å². The van der Waals surface area contributed by atoms with E-state index in [0.29, 0.717) is 12.8 Å². The number of hydrogen-bond acceptors (Lipinski definition) is 18. The zero-order valence-corrected chi connectivity index (χ0v) is 34.0. The molecule has 0 aromatic rings. The summed E-state index contributed by atoms with van der Waals surface area (Å²) in [6.45, 7) is 1.19. The fourth-order valence-electron chi connectivity index (χ4n) is 6.85. The fraction of sp³-hybridized carbons (Fsp3) is 0.825. The van der Waals surface area contributed by atoms with Gasteiger partial charge in [-0.2, -0.15) is 0 Å². The highest BCUT2D eigenvalue weighted by Crippen LogP contribution is 2.32. The van der Waals surface area contributed by atoms with Crippen LogP contribution in [0.1, 0.15) is 78.1 Å². The summed E-state index contributed by atoms with van der Waals surface area (Å²) in [5.41, 5.74) is 0. The third kappa shape index (κ3) is 15.4. The number of allylic oxidation sites excluding steroid dienone is 5. The second-order valence-electron chi connectivity index (χ2n) is 15.1. The Morgan fingerprint density at radius 3 is 1.59 bits per heavy atom. The summed E-state index contributed by atoms with van der Waals surface area (Å²) in [4.78, 5) is 12.5. The van der Waals surface area contributed by atoms with Gasteiger partial charge in [0.2, 0.25) is 5.91 Å². The zero-order valence-electron chi connectivity index (χ0n) is 34.0. The van der Waals surface area contributed by atoms with Gasteiger partial charge in [-0.25, -0.2) is 0 Å². The summed E-state index contributed by atoms with van der Waals surface area (Å²) in [7, 11) is 0. The molecule has 3 rings (SSSR count). The lowest BCUT2D eigenvalue weighted by atomic mass is 9.96. The largest absolute Gasteiger partial charge is 0.394 e. The summed E-state index contributed by atoms with van der Waals surface area (Å²) in [6.07, 6.45) is -6.16. The predicted molar refractivity (Wildman–Crippen MR) is 208 cm³/mol. The molecule has 19 heteroatoms. The molecule has 0 bridgehead atoms. The highest BCUT2D eigenvalue weighted by atomic mass is 16.8. The van der Waals surface area contributed by atoms with Gasteiger partial charge in [-0.05, 0) is 44.9 Å². The first-order valence-electron chi connectivity index (χ1n) is 20.7. The van der Waals surface area contributed by atoms with Crippen LogP contribution in [0.25, 0.3) is 0 Å². The third-order valence-corrected chi connectivity index (χ3v) is 10.4. The number of nitrogens with one attached hydrogen (secondary N) is 1. The third-order valence-electron chi connectivity index (χ3n) is 10.4. The number of unbranched alkanes of at least 4 members (excludes halogenated alkanes) is 5. The molecule has 3 aliphatic rings. The van der Waals surface area contributed by atoms with Gasteiger partial charge in [0.05, 0.1) is 38.6 Å². The second kappa shape index (κ2) is 27.2. The molecule has 12 N–H and O–H groups in total. The maximum atomic E-state index is 12.5. The van der Waals surface area contributed by atoms with Crippen molar-refractivity contribution in [1.82, 2.24) is 5.32 Å². The quantitative estimate of drug-likeness (QED) is 0.0346. The molecule has 0 aliphatic carbocycles. The lowest BCUT2D eigenvalue weighted by Gasteiger charge is -2.48. The van der Waals surface area contributed by atoms with E-state index >= 15 is 0 Å². The van der Waals surface area contributed by atoms with Crippen LogP contribution in [0.15, 0.2) is 36.5 Å². The van der Waals surface area contributed by atoms with E-state index in [2.05, 4.69) is 36.5 Å². The topological polar surface area (TPSA) is 307 Å². The van der Waals surface area contributed by atoms with Gasteiger partial charge in [0.1, 0.15) is 73.2 Å². The molecule has 17 atom stereocenters. The highest BCUT2D eigenvalue weighted by molar-refractivity contribution is 5.76. The van der Waals surface area contributed by atoms with Crippen molar-refractivity contribution in [2.24, 2.45) is 0 Å². The van der Waals surface area contributed by atoms with Crippen molar-refractivity contribution in [3.8, 4) is 0 Å². The minimum absolute atomic E-state index is 0.181. The van der Waals surface area contributed by atoms with Crippen LogP contribution >= 0.6 is 0 Å². The lowest BCUT2D eigenvalue weighted by molar-refractivity contribution is -0.379. The van der Waals surface area contributed by atoms with Crippen LogP contribution < -0.4 is 5.32 Å². The van der Waals surface area contributed by atoms with Crippen molar-refractivity contribution in [3.63, 3.8) is 0 Å². The maximum Gasteiger partial charge on any atom is 0.220 e. The van der Waals surface area contributed by atoms with E-state index in [1.165, 1.54) is 25.3 Å². The van der Waals surface area contributed by atoms with E-state index in [0.717, 1.165) is 25.7 Å². The zero-order chi connectivity index (χ0) is 43.5. The van der Waals surface area contributed by atoms with Crippen molar-refractivity contribution in [3.05, 3.63) is 36.5 Å². The second-order valence-corrected chi connectivity index (χ2v) is 15.1. The fourth-order valence-corrected chi connectivity index (χ4v) is 6.85. The average molecular weight is 852 g/mol. The summed E-state index contributed by atoms with van der Waals surface area (Å²) in [5, 5.41) is 118. The van der Waals surface area contributed by atoms with E-state index in [-0.39, 0.29) is 18.9 Å². The standard InChI is InChI=1S/C40H69NO18/c1-3-5-6-7-8-9-10-11-12-13-14-15-16-18-24(45)23(41-28(46)17-4-2)22-54-38-34(52)31(49)36(26(20-43)56-38)59-40-35(53)32(50)37(27(21-44)57-40)58-39-33(51)30(48)29(47)25(19-42)55-39/h8-9,12-13,16,18,23-27,29-40,42-45,47-53H,3-7,10-11,14-15,17,19-22H2,1-2H3,(H,41,46)/b9-8+,13-12+,18-16+. The summed E-state index contributed by atoms with van der Waals surface area (Å²) >= 11 is 0. The number of ether oxygens (including phenoxy) is 6. The van der Waals surface area contributed by atoms with Crippen LogP contribution in [0.3, 0.4) is 0 Å². The van der Waals surface area contributed by atoms with Gasteiger partial charge in [-0.1, -0.05) is 63.1 Å². The Bertz CT molecular complexity index is 1250. The number of carbonyl (C=O) groups is 1. The van der Waals surface area contributed by atoms with Gasteiger partial charge in [-0.3, -0.25) is 4.79 Å². The summed E-state index contributed by atoms with van der Waals surface area (Å²) in [5.74, 6) is -0.349. The molecule has 342 valence electrons. The first-order valence-corrected chi connectivity index (χ1v) is 20.7. The Hall–Kier alpha value is -1.99. The normalized spacial score (nSPS) is 36.7. The van der Waals surface area contributed by atoms with Crippen LogP contribution in [-0.2, 0) is 33.2 Å². The Labute approximate surface area is 345 Å². The van der Waals surface area contributed by atoms with Gasteiger partial charge < -0.3 is 89.9 Å². The highest BCUT2D eigenvalue weighted by Gasteiger charge is 2.53. The molecule has 0 aromatic carbocycles. The molecule has 59 heavy (non-hydrogen) atoms. The Morgan fingerprint density at radius 2 is 1.07 bits per heavy atom. The van der Waals surface area contributed by atoms with Crippen LogP contribution in [0.4, 0.5) is 0 Å². The summed E-state index contributed by atoms with van der Waals surface area (Å²) in [6, 6.07) is -0.986. The minimum Gasteiger partial charge on any atom is -0.394 e.